The molecule has 3 heterocycles. The zero-order valence-corrected chi connectivity index (χ0v) is 14.2. The molecule has 0 aliphatic heterocycles. The first-order valence-electron chi connectivity index (χ1n) is 8.23. The van der Waals surface area contributed by atoms with Gasteiger partial charge in [0.15, 0.2) is 0 Å². The highest BCUT2D eigenvalue weighted by molar-refractivity contribution is 5.84. The molecule has 0 saturated heterocycles. The van der Waals surface area contributed by atoms with Crippen molar-refractivity contribution < 1.29 is 4.39 Å². The number of nitrogens with two attached hydrogens (primary N) is 1. The lowest BCUT2D eigenvalue weighted by atomic mass is 10.0. The Morgan fingerprint density at radius 3 is 2.89 bits per heavy atom. The normalized spacial score (nSPS) is 10.7. The highest BCUT2D eigenvalue weighted by atomic mass is 19.1. The fourth-order valence-corrected chi connectivity index (χ4v) is 3.10. The molecule has 3 aromatic heterocycles. The van der Waals surface area contributed by atoms with E-state index >= 15 is 0 Å². The molecule has 4 rings (SSSR count). The van der Waals surface area contributed by atoms with E-state index in [0.29, 0.717) is 12.4 Å². The van der Waals surface area contributed by atoms with Gasteiger partial charge in [0.05, 0.1) is 12.1 Å². The maximum atomic E-state index is 13.8. The van der Waals surface area contributed by atoms with Crippen LogP contribution in [0.5, 0.6) is 0 Å². The number of anilines is 2. The largest absolute Gasteiger partial charge is 0.392 e. The molecule has 0 amide bonds. The molecule has 0 aliphatic carbocycles. The van der Waals surface area contributed by atoms with Crippen LogP contribution in [0.25, 0.3) is 21.5 Å². The Hall–Kier alpha value is -3.92. The highest BCUT2D eigenvalue weighted by Gasteiger charge is 2.15. The van der Waals surface area contributed by atoms with Gasteiger partial charge >= 0.3 is 0 Å². The Labute approximate surface area is 154 Å². The van der Waals surface area contributed by atoms with Gasteiger partial charge in [0.2, 0.25) is 0 Å². The van der Waals surface area contributed by atoms with Crippen molar-refractivity contribution in [2.24, 2.45) is 0 Å². The minimum absolute atomic E-state index is 0.134. The van der Waals surface area contributed by atoms with E-state index in [0.717, 1.165) is 22.2 Å². The molecular weight excluding hydrogens is 343 g/mol. The first-order valence-corrected chi connectivity index (χ1v) is 8.23. The number of nitrogens with one attached hydrogen (secondary N) is 1. The number of hydrogen-bond donors (Lipinski definition) is 2. The number of hydrogen-bond acceptors (Lipinski definition) is 4. The van der Waals surface area contributed by atoms with Crippen LogP contribution < -0.4 is 11.1 Å². The summed E-state index contributed by atoms with van der Waals surface area (Å²) in [7, 11) is 0. The van der Waals surface area contributed by atoms with Gasteiger partial charge in [-0.05, 0) is 35.4 Å². The van der Waals surface area contributed by atoms with Gasteiger partial charge < -0.3 is 15.5 Å². The van der Waals surface area contributed by atoms with E-state index in [4.69, 9.17) is 12.3 Å². The molecule has 132 valence electrons. The summed E-state index contributed by atoms with van der Waals surface area (Å²) < 4.78 is 15.8. The van der Waals surface area contributed by atoms with Crippen LogP contribution in [-0.4, -0.2) is 14.4 Å². The third-order valence-electron chi connectivity index (χ3n) is 4.28. The van der Waals surface area contributed by atoms with Gasteiger partial charge in [-0.3, -0.25) is 0 Å². The fraction of sp³-hybridized carbons (Fsp3) is 0.0500. The zero-order chi connectivity index (χ0) is 18.8. The molecule has 0 radical (unpaired) electrons. The molecular formula is C20H15FN6. The van der Waals surface area contributed by atoms with Crippen LogP contribution in [0.15, 0.2) is 61.2 Å². The number of fused-ring (bicyclic) bond motifs is 1. The summed E-state index contributed by atoms with van der Waals surface area (Å²) in [4.78, 5) is 11.4. The summed E-state index contributed by atoms with van der Waals surface area (Å²) in [6.45, 7) is 7.67. The van der Waals surface area contributed by atoms with Crippen LogP contribution in [0.4, 0.5) is 21.7 Å². The fourth-order valence-electron chi connectivity index (χ4n) is 3.10. The second-order valence-corrected chi connectivity index (χ2v) is 5.95. The summed E-state index contributed by atoms with van der Waals surface area (Å²) >= 11 is 0. The third-order valence-corrected chi connectivity index (χ3v) is 4.28. The van der Waals surface area contributed by atoms with E-state index < -0.39 is 0 Å². The minimum Gasteiger partial charge on any atom is -0.392 e. The SMILES string of the molecule is [C-]#[N+]c1c(N)ncnc1NCc1cn2ccccc2c1-c1cccc(F)c1. The topological polar surface area (TPSA) is 72.6 Å². The molecule has 27 heavy (non-hydrogen) atoms. The molecule has 0 atom stereocenters. The van der Waals surface area contributed by atoms with Gasteiger partial charge in [0, 0.05) is 24.5 Å². The first kappa shape index (κ1) is 16.5. The van der Waals surface area contributed by atoms with Gasteiger partial charge in [0.1, 0.15) is 23.8 Å². The lowest BCUT2D eigenvalue weighted by Gasteiger charge is -2.09. The number of nitrogens with zero attached hydrogens (tertiary/aromatic N) is 4. The number of halogens is 1. The summed E-state index contributed by atoms with van der Waals surface area (Å²) in [6.07, 6.45) is 5.23. The number of nitrogen functional groups attached to an aromatic ring is 1. The zero-order valence-electron chi connectivity index (χ0n) is 14.2. The molecule has 6 nitrogen and oxygen atoms in total. The summed E-state index contributed by atoms with van der Waals surface area (Å²) in [6, 6.07) is 12.4. The van der Waals surface area contributed by atoms with Gasteiger partial charge in [-0.1, -0.05) is 18.2 Å². The lowest BCUT2D eigenvalue weighted by Crippen LogP contribution is -2.04. The van der Waals surface area contributed by atoms with Crippen molar-refractivity contribution in [2.45, 2.75) is 6.54 Å². The maximum absolute atomic E-state index is 13.8. The summed E-state index contributed by atoms with van der Waals surface area (Å²) in [5, 5.41) is 3.16. The van der Waals surface area contributed by atoms with Gasteiger partial charge in [0.25, 0.3) is 5.69 Å². The lowest BCUT2D eigenvalue weighted by molar-refractivity contribution is 0.628. The van der Waals surface area contributed by atoms with Crippen LogP contribution in [0.3, 0.4) is 0 Å². The average Bonchev–Trinajstić information content (AvgIpc) is 3.04. The van der Waals surface area contributed by atoms with Crippen molar-refractivity contribution in [2.75, 3.05) is 11.1 Å². The molecule has 0 aliphatic rings. The van der Waals surface area contributed by atoms with Crippen molar-refractivity contribution in [3.05, 3.63) is 84.0 Å². The number of aromatic nitrogens is 3. The van der Waals surface area contributed by atoms with Crippen LogP contribution in [0.1, 0.15) is 5.56 Å². The molecule has 0 bridgehead atoms. The summed E-state index contributed by atoms with van der Waals surface area (Å²) in [5.41, 5.74) is 9.56. The quantitative estimate of drug-likeness (QED) is 0.534. The van der Waals surface area contributed by atoms with Crippen LogP contribution in [0, 0.1) is 12.4 Å². The Kier molecular flexibility index (Phi) is 4.15. The van der Waals surface area contributed by atoms with Crippen LogP contribution in [-0.2, 0) is 6.54 Å². The second-order valence-electron chi connectivity index (χ2n) is 5.95. The van der Waals surface area contributed by atoms with E-state index in [2.05, 4.69) is 20.1 Å². The Morgan fingerprint density at radius 1 is 1.19 bits per heavy atom. The molecule has 1 aromatic carbocycles. The Balaban J connectivity index is 1.78. The predicted octanol–water partition coefficient (Wildman–Crippen LogP) is 4.28. The third kappa shape index (κ3) is 3.04. The van der Waals surface area contributed by atoms with Crippen molar-refractivity contribution in [1.29, 1.82) is 0 Å². The minimum atomic E-state index is -0.291. The standard InChI is InChI=1S/C20H15FN6/c1-23-18-19(22)25-12-26-20(18)24-10-14-11-27-8-3-2-7-16(27)17(14)13-5-4-6-15(21)9-13/h2-9,11-12H,10H2,(H3,22,24,25,26). The van der Waals surface area contributed by atoms with Crippen molar-refractivity contribution in [1.82, 2.24) is 14.4 Å². The molecule has 7 heteroatoms. The smallest absolute Gasteiger partial charge is 0.268 e. The first-order chi connectivity index (χ1) is 13.2. The van der Waals surface area contributed by atoms with Crippen molar-refractivity contribution in [3.8, 4) is 11.1 Å². The van der Waals surface area contributed by atoms with Gasteiger partial charge in [-0.25, -0.2) is 19.2 Å². The number of pyridine rings is 1. The van der Waals surface area contributed by atoms with E-state index in [1.54, 1.807) is 6.07 Å². The van der Waals surface area contributed by atoms with Crippen molar-refractivity contribution >= 4 is 22.8 Å². The monoisotopic (exact) mass is 358 g/mol. The van der Waals surface area contributed by atoms with Gasteiger partial charge in [-0.15, -0.1) is 0 Å². The van der Waals surface area contributed by atoms with E-state index in [1.807, 2.05) is 41.1 Å². The molecule has 0 spiro atoms. The van der Waals surface area contributed by atoms with E-state index in [-0.39, 0.29) is 17.3 Å². The average molecular weight is 358 g/mol. The highest BCUT2D eigenvalue weighted by Crippen LogP contribution is 2.33. The maximum Gasteiger partial charge on any atom is 0.268 e. The van der Waals surface area contributed by atoms with E-state index in [9.17, 15) is 4.39 Å². The van der Waals surface area contributed by atoms with Crippen LogP contribution >= 0.6 is 0 Å². The molecule has 0 unspecified atom stereocenters. The molecule has 3 N–H and O–H groups in total. The molecule has 0 saturated carbocycles. The number of rotatable bonds is 4. The Bertz CT molecular complexity index is 1170. The van der Waals surface area contributed by atoms with Crippen LogP contribution in [0.2, 0.25) is 0 Å². The second kappa shape index (κ2) is 6.77. The Morgan fingerprint density at radius 2 is 2.07 bits per heavy atom. The van der Waals surface area contributed by atoms with Gasteiger partial charge in [-0.2, -0.15) is 0 Å². The number of benzene rings is 1. The molecule has 4 aromatic rings. The van der Waals surface area contributed by atoms with E-state index in [1.165, 1.54) is 18.5 Å². The molecule has 0 fully saturated rings. The van der Waals surface area contributed by atoms with Crippen molar-refractivity contribution in [3.63, 3.8) is 0 Å². The predicted molar refractivity (Wildman–Crippen MR) is 103 cm³/mol. The summed E-state index contributed by atoms with van der Waals surface area (Å²) in [5.74, 6) is 0.216.